The largest absolute Gasteiger partial charge is 0.444 e. The zero-order valence-corrected chi connectivity index (χ0v) is 12.1. The van der Waals surface area contributed by atoms with Crippen molar-refractivity contribution < 1.29 is 9.53 Å². The Bertz CT molecular complexity index is 439. The van der Waals surface area contributed by atoms with Crippen LogP contribution in [-0.2, 0) is 4.74 Å². The molecular weight excluding hydrogens is 240 g/mol. The third-order valence-corrected chi connectivity index (χ3v) is 3.33. The Morgan fingerprint density at radius 3 is 2.68 bits per heavy atom. The molecule has 0 spiro atoms. The Kier molecular flexibility index (Phi) is 3.78. The van der Waals surface area contributed by atoms with Gasteiger partial charge in [0, 0.05) is 30.9 Å². The third-order valence-electron chi connectivity index (χ3n) is 3.33. The summed E-state index contributed by atoms with van der Waals surface area (Å²) in [7, 11) is 0. The first-order valence-electron chi connectivity index (χ1n) is 6.75. The van der Waals surface area contributed by atoms with Crippen molar-refractivity contribution in [2.75, 3.05) is 13.1 Å². The van der Waals surface area contributed by atoms with Gasteiger partial charge in [-0.15, -0.1) is 0 Å². The molecule has 1 aromatic rings. The molecule has 104 valence electrons. The molecule has 2 rings (SSSR count). The molecule has 4 heteroatoms. The molecule has 0 aliphatic carbocycles. The van der Waals surface area contributed by atoms with Crippen LogP contribution < -0.4 is 0 Å². The Hall–Kier alpha value is -1.58. The van der Waals surface area contributed by atoms with Crippen LogP contribution >= 0.6 is 0 Å². The molecule has 0 saturated carbocycles. The molecule has 1 saturated heterocycles. The number of likely N-dealkylation sites (tertiary alicyclic amines) is 1. The minimum absolute atomic E-state index is 0.224. The van der Waals surface area contributed by atoms with Crippen molar-refractivity contribution in [2.45, 2.75) is 39.2 Å². The summed E-state index contributed by atoms with van der Waals surface area (Å²) in [4.78, 5) is 18.3. The van der Waals surface area contributed by atoms with Crippen molar-refractivity contribution in [1.29, 1.82) is 0 Å². The number of hydrogen-bond donors (Lipinski definition) is 0. The maximum atomic E-state index is 12.1. The lowest BCUT2D eigenvalue weighted by atomic mass is 9.94. The van der Waals surface area contributed by atoms with Crippen molar-refractivity contribution in [3.8, 4) is 0 Å². The summed E-state index contributed by atoms with van der Waals surface area (Å²) in [6.45, 7) is 9.24. The third kappa shape index (κ3) is 3.46. The van der Waals surface area contributed by atoms with Gasteiger partial charge in [0.2, 0.25) is 0 Å². The van der Waals surface area contributed by atoms with E-state index in [4.69, 9.17) is 4.74 Å². The molecule has 1 amide bonds. The average Bonchev–Trinajstić information content (AvgIpc) is 2.70. The fraction of sp³-hybridized carbons (Fsp3) is 0.600. The van der Waals surface area contributed by atoms with Gasteiger partial charge in [-0.25, -0.2) is 4.79 Å². The number of carbonyl (C=O) groups excluding carboxylic acids is 1. The summed E-state index contributed by atoms with van der Waals surface area (Å²) in [5.74, 6) is 0.705. The quantitative estimate of drug-likeness (QED) is 0.781. The van der Waals surface area contributed by atoms with Gasteiger partial charge in [0.1, 0.15) is 5.60 Å². The van der Waals surface area contributed by atoms with E-state index >= 15 is 0 Å². The van der Waals surface area contributed by atoms with Crippen LogP contribution in [0, 0.1) is 5.92 Å². The summed E-state index contributed by atoms with van der Waals surface area (Å²) >= 11 is 0. The molecule has 0 N–H and O–H groups in total. The zero-order chi connectivity index (χ0) is 14.0. The Morgan fingerprint density at radius 1 is 1.37 bits per heavy atom. The van der Waals surface area contributed by atoms with Gasteiger partial charge < -0.3 is 9.64 Å². The van der Waals surface area contributed by atoms with E-state index in [1.54, 1.807) is 11.1 Å². The highest BCUT2D eigenvalue weighted by atomic mass is 16.6. The Labute approximate surface area is 114 Å². The summed E-state index contributed by atoms with van der Waals surface area (Å²) in [5, 5.41) is 0. The second-order valence-corrected chi connectivity index (χ2v) is 6.22. The van der Waals surface area contributed by atoms with E-state index in [9.17, 15) is 4.79 Å². The molecule has 0 unspecified atom stereocenters. The van der Waals surface area contributed by atoms with Gasteiger partial charge in [-0.3, -0.25) is 4.98 Å². The van der Waals surface area contributed by atoms with Gasteiger partial charge in [-0.1, -0.05) is 13.0 Å². The smallest absolute Gasteiger partial charge is 0.410 e. The summed E-state index contributed by atoms with van der Waals surface area (Å²) in [5.41, 5.74) is 0.615. The van der Waals surface area contributed by atoms with Gasteiger partial charge in [-0.2, -0.15) is 0 Å². The molecule has 0 bridgehead atoms. The molecule has 4 nitrogen and oxygen atoms in total. The van der Waals surface area contributed by atoms with E-state index in [1.807, 2.05) is 39.0 Å². The van der Waals surface area contributed by atoms with Gasteiger partial charge in [0.25, 0.3) is 0 Å². The number of pyridine rings is 1. The maximum absolute atomic E-state index is 12.1. The summed E-state index contributed by atoms with van der Waals surface area (Å²) in [6, 6.07) is 5.93. The van der Waals surface area contributed by atoms with E-state index < -0.39 is 5.60 Å². The highest BCUT2D eigenvalue weighted by Gasteiger charge is 2.36. The molecule has 1 aromatic heterocycles. The minimum Gasteiger partial charge on any atom is -0.444 e. The second-order valence-electron chi connectivity index (χ2n) is 6.22. The first-order valence-corrected chi connectivity index (χ1v) is 6.75. The van der Waals surface area contributed by atoms with Gasteiger partial charge in [0.15, 0.2) is 0 Å². The SMILES string of the molecule is C[C@@H]1CN(C(=O)OC(C)(C)C)C[C@H]1c1ccccn1. The van der Waals surface area contributed by atoms with Crippen LogP contribution in [0.4, 0.5) is 4.79 Å². The van der Waals surface area contributed by atoms with E-state index in [2.05, 4.69) is 11.9 Å². The van der Waals surface area contributed by atoms with Crippen LogP contribution in [0.2, 0.25) is 0 Å². The van der Waals surface area contributed by atoms with E-state index in [1.165, 1.54) is 0 Å². The molecule has 0 radical (unpaired) electrons. The van der Waals surface area contributed by atoms with Crippen LogP contribution in [0.1, 0.15) is 39.3 Å². The van der Waals surface area contributed by atoms with E-state index in [-0.39, 0.29) is 6.09 Å². The Morgan fingerprint density at radius 2 is 2.11 bits per heavy atom. The van der Waals surface area contributed by atoms with Crippen molar-refractivity contribution in [1.82, 2.24) is 9.88 Å². The minimum atomic E-state index is -0.441. The van der Waals surface area contributed by atoms with Crippen molar-refractivity contribution in [3.63, 3.8) is 0 Å². The first kappa shape index (κ1) is 13.8. The number of ether oxygens (including phenoxy) is 1. The van der Waals surface area contributed by atoms with Gasteiger partial charge in [0.05, 0.1) is 0 Å². The zero-order valence-electron chi connectivity index (χ0n) is 12.1. The lowest BCUT2D eigenvalue weighted by Gasteiger charge is -2.24. The monoisotopic (exact) mass is 262 g/mol. The highest BCUT2D eigenvalue weighted by Crippen LogP contribution is 2.31. The molecule has 1 fully saturated rings. The number of hydrogen-bond acceptors (Lipinski definition) is 3. The van der Waals surface area contributed by atoms with Crippen molar-refractivity contribution >= 4 is 6.09 Å². The average molecular weight is 262 g/mol. The van der Waals surface area contributed by atoms with Crippen molar-refractivity contribution in [3.05, 3.63) is 30.1 Å². The van der Waals surface area contributed by atoms with Gasteiger partial charge in [-0.05, 0) is 38.8 Å². The highest BCUT2D eigenvalue weighted by molar-refractivity contribution is 5.68. The van der Waals surface area contributed by atoms with Crippen LogP contribution in [0.15, 0.2) is 24.4 Å². The van der Waals surface area contributed by atoms with E-state index in [0.29, 0.717) is 18.4 Å². The molecule has 0 aromatic carbocycles. The molecule has 1 aliphatic rings. The number of rotatable bonds is 1. The normalized spacial score (nSPS) is 23.5. The van der Waals surface area contributed by atoms with Crippen molar-refractivity contribution in [2.24, 2.45) is 5.92 Å². The standard InChI is InChI=1S/C15H22N2O2/c1-11-9-17(14(18)19-15(2,3)4)10-12(11)13-7-5-6-8-16-13/h5-8,11-12H,9-10H2,1-4H3/t11-,12-/m1/s1. The fourth-order valence-electron chi connectivity index (χ4n) is 2.42. The number of carbonyl (C=O) groups is 1. The molecular formula is C15H22N2O2. The summed E-state index contributed by atoms with van der Waals surface area (Å²) < 4.78 is 5.42. The van der Waals surface area contributed by atoms with Crippen LogP contribution in [-0.4, -0.2) is 34.7 Å². The molecule has 2 heterocycles. The predicted octanol–water partition coefficient (Wildman–Crippen LogP) is 3.05. The van der Waals surface area contributed by atoms with Crippen LogP contribution in [0.3, 0.4) is 0 Å². The Balaban J connectivity index is 2.04. The van der Waals surface area contributed by atoms with Crippen LogP contribution in [0.25, 0.3) is 0 Å². The predicted molar refractivity (Wildman–Crippen MR) is 73.9 cm³/mol. The lowest BCUT2D eigenvalue weighted by Crippen LogP contribution is -2.35. The number of amides is 1. The lowest BCUT2D eigenvalue weighted by molar-refractivity contribution is 0.0287. The topological polar surface area (TPSA) is 42.4 Å². The van der Waals surface area contributed by atoms with Crippen LogP contribution in [0.5, 0.6) is 0 Å². The van der Waals surface area contributed by atoms with Gasteiger partial charge >= 0.3 is 6.09 Å². The number of nitrogens with zero attached hydrogens (tertiary/aromatic N) is 2. The van der Waals surface area contributed by atoms with E-state index in [0.717, 1.165) is 12.2 Å². The molecule has 1 aliphatic heterocycles. The maximum Gasteiger partial charge on any atom is 0.410 e. The number of aromatic nitrogens is 1. The fourth-order valence-corrected chi connectivity index (χ4v) is 2.42. The molecule has 2 atom stereocenters. The first-order chi connectivity index (χ1) is 8.87. The molecule has 19 heavy (non-hydrogen) atoms. The summed E-state index contributed by atoms with van der Waals surface area (Å²) in [6.07, 6.45) is 1.58. The second kappa shape index (κ2) is 5.19.